The maximum atomic E-state index is 3.59. The lowest BCUT2D eigenvalue weighted by Crippen LogP contribution is -2.35. The lowest BCUT2D eigenvalue weighted by Gasteiger charge is -2.28. The molecule has 1 aromatic rings. The lowest BCUT2D eigenvalue weighted by molar-refractivity contribution is 0.525. The first-order chi connectivity index (χ1) is 8.08. The van der Waals surface area contributed by atoms with Gasteiger partial charge in [0.1, 0.15) is 0 Å². The lowest BCUT2D eigenvalue weighted by atomic mass is 10.1. The van der Waals surface area contributed by atoms with Gasteiger partial charge in [-0.25, -0.2) is 0 Å². The second kappa shape index (κ2) is 5.09. The molecule has 1 N–H and O–H groups in total. The van der Waals surface area contributed by atoms with Crippen molar-refractivity contribution >= 4 is 5.69 Å². The number of anilines is 1. The van der Waals surface area contributed by atoms with Gasteiger partial charge >= 0.3 is 0 Å². The van der Waals surface area contributed by atoms with Crippen LogP contribution < -0.4 is 10.2 Å². The highest BCUT2D eigenvalue weighted by Gasteiger charge is 2.20. The first-order valence-electron chi connectivity index (χ1n) is 6.62. The van der Waals surface area contributed by atoms with Crippen molar-refractivity contribution in [2.45, 2.75) is 33.7 Å². The molecular formula is C15H24N2. The van der Waals surface area contributed by atoms with Crippen molar-refractivity contribution in [3.8, 4) is 0 Å². The zero-order valence-electron chi connectivity index (χ0n) is 11.5. The molecule has 0 aromatic heterocycles. The standard InChI is InChI=1S/C15H24N2/c1-11-8-16-13(3)10-17(9-11)15-7-5-6-12(2)14(15)4/h5-7,11,13,16H,8-10H2,1-4H3. The second-order valence-corrected chi connectivity index (χ2v) is 5.54. The summed E-state index contributed by atoms with van der Waals surface area (Å²) in [7, 11) is 0. The van der Waals surface area contributed by atoms with Crippen molar-refractivity contribution in [2.75, 3.05) is 24.5 Å². The summed E-state index contributed by atoms with van der Waals surface area (Å²) in [6, 6.07) is 7.19. The SMILES string of the molecule is Cc1cccc(N2CC(C)CNC(C)C2)c1C. The Bertz CT molecular complexity index is 375. The van der Waals surface area contributed by atoms with E-state index in [1.165, 1.54) is 16.8 Å². The third-order valence-electron chi connectivity index (χ3n) is 3.76. The summed E-state index contributed by atoms with van der Waals surface area (Å²) in [5.74, 6) is 0.708. The number of nitrogens with zero attached hydrogens (tertiary/aromatic N) is 1. The van der Waals surface area contributed by atoms with Crippen LogP contribution in [0.5, 0.6) is 0 Å². The molecule has 1 aliphatic heterocycles. The predicted molar refractivity (Wildman–Crippen MR) is 74.8 cm³/mol. The number of benzene rings is 1. The molecule has 1 heterocycles. The zero-order chi connectivity index (χ0) is 12.4. The van der Waals surface area contributed by atoms with Crippen LogP contribution in [0.4, 0.5) is 5.69 Å². The summed E-state index contributed by atoms with van der Waals surface area (Å²) < 4.78 is 0. The summed E-state index contributed by atoms with van der Waals surface area (Å²) in [4.78, 5) is 2.54. The van der Waals surface area contributed by atoms with E-state index in [0.717, 1.165) is 19.6 Å². The summed E-state index contributed by atoms with van der Waals surface area (Å²) >= 11 is 0. The van der Waals surface area contributed by atoms with Gasteiger partial charge < -0.3 is 10.2 Å². The van der Waals surface area contributed by atoms with Crippen LogP contribution in [0.2, 0.25) is 0 Å². The van der Waals surface area contributed by atoms with E-state index < -0.39 is 0 Å². The molecule has 2 rings (SSSR count). The Hall–Kier alpha value is -1.02. The molecule has 1 fully saturated rings. The van der Waals surface area contributed by atoms with Crippen LogP contribution in [0.15, 0.2) is 18.2 Å². The molecule has 1 aromatic carbocycles. The van der Waals surface area contributed by atoms with Crippen LogP contribution in [-0.2, 0) is 0 Å². The third-order valence-corrected chi connectivity index (χ3v) is 3.76. The van der Waals surface area contributed by atoms with E-state index in [-0.39, 0.29) is 0 Å². The van der Waals surface area contributed by atoms with Gasteiger partial charge in [-0.1, -0.05) is 19.1 Å². The van der Waals surface area contributed by atoms with Crippen molar-refractivity contribution in [1.29, 1.82) is 0 Å². The van der Waals surface area contributed by atoms with Gasteiger partial charge in [-0.05, 0) is 50.4 Å². The Morgan fingerprint density at radius 3 is 2.71 bits per heavy atom. The molecule has 1 saturated heterocycles. The topological polar surface area (TPSA) is 15.3 Å². The van der Waals surface area contributed by atoms with Crippen LogP contribution in [0.3, 0.4) is 0 Å². The smallest absolute Gasteiger partial charge is 0.0399 e. The summed E-state index contributed by atoms with van der Waals surface area (Å²) in [5.41, 5.74) is 4.22. The van der Waals surface area contributed by atoms with Gasteiger partial charge in [0.05, 0.1) is 0 Å². The van der Waals surface area contributed by atoms with Gasteiger partial charge in [-0.3, -0.25) is 0 Å². The number of hydrogen-bond acceptors (Lipinski definition) is 2. The zero-order valence-corrected chi connectivity index (χ0v) is 11.5. The maximum Gasteiger partial charge on any atom is 0.0399 e. The van der Waals surface area contributed by atoms with Crippen LogP contribution in [-0.4, -0.2) is 25.7 Å². The van der Waals surface area contributed by atoms with Crippen LogP contribution in [0, 0.1) is 19.8 Å². The molecule has 0 bridgehead atoms. The Kier molecular flexibility index (Phi) is 3.72. The Morgan fingerprint density at radius 2 is 1.94 bits per heavy atom. The van der Waals surface area contributed by atoms with Gasteiger partial charge in [-0.2, -0.15) is 0 Å². The monoisotopic (exact) mass is 232 g/mol. The largest absolute Gasteiger partial charge is 0.369 e. The average molecular weight is 232 g/mol. The summed E-state index contributed by atoms with van der Waals surface area (Å²) in [6.45, 7) is 12.4. The molecule has 2 heteroatoms. The van der Waals surface area contributed by atoms with Gasteiger partial charge in [0.15, 0.2) is 0 Å². The number of aryl methyl sites for hydroxylation is 1. The molecule has 17 heavy (non-hydrogen) atoms. The molecule has 2 atom stereocenters. The van der Waals surface area contributed by atoms with Crippen LogP contribution >= 0.6 is 0 Å². The summed E-state index contributed by atoms with van der Waals surface area (Å²) in [5, 5.41) is 3.59. The predicted octanol–water partition coefficient (Wildman–Crippen LogP) is 2.74. The third kappa shape index (κ3) is 2.81. The minimum Gasteiger partial charge on any atom is -0.369 e. The average Bonchev–Trinajstić information content (AvgIpc) is 2.45. The molecule has 0 spiro atoms. The summed E-state index contributed by atoms with van der Waals surface area (Å²) in [6.07, 6.45) is 0. The number of rotatable bonds is 1. The molecule has 0 radical (unpaired) electrons. The van der Waals surface area contributed by atoms with E-state index in [1.54, 1.807) is 0 Å². The quantitative estimate of drug-likeness (QED) is 0.801. The molecule has 0 saturated carbocycles. The van der Waals surface area contributed by atoms with Crippen molar-refractivity contribution in [1.82, 2.24) is 5.32 Å². The molecule has 0 aliphatic carbocycles. The minimum atomic E-state index is 0.569. The molecule has 1 aliphatic rings. The van der Waals surface area contributed by atoms with E-state index in [1.807, 2.05) is 0 Å². The molecule has 2 unspecified atom stereocenters. The van der Waals surface area contributed by atoms with Gasteiger partial charge in [0.25, 0.3) is 0 Å². The normalized spacial score (nSPS) is 25.8. The maximum absolute atomic E-state index is 3.59. The molecule has 94 valence electrons. The van der Waals surface area contributed by atoms with E-state index >= 15 is 0 Å². The van der Waals surface area contributed by atoms with E-state index in [0.29, 0.717) is 12.0 Å². The van der Waals surface area contributed by atoms with Crippen molar-refractivity contribution in [3.63, 3.8) is 0 Å². The highest BCUT2D eigenvalue weighted by atomic mass is 15.2. The highest BCUT2D eigenvalue weighted by Crippen LogP contribution is 2.24. The fraction of sp³-hybridized carbons (Fsp3) is 0.600. The van der Waals surface area contributed by atoms with E-state index in [9.17, 15) is 0 Å². The number of nitrogens with one attached hydrogen (secondary N) is 1. The Morgan fingerprint density at radius 1 is 1.18 bits per heavy atom. The highest BCUT2D eigenvalue weighted by molar-refractivity contribution is 5.56. The first kappa shape index (κ1) is 12.4. The molecule has 2 nitrogen and oxygen atoms in total. The Balaban J connectivity index is 2.27. The van der Waals surface area contributed by atoms with Crippen LogP contribution in [0.25, 0.3) is 0 Å². The fourth-order valence-electron chi connectivity index (χ4n) is 2.59. The van der Waals surface area contributed by atoms with E-state index in [4.69, 9.17) is 0 Å². The minimum absolute atomic E-state index is 0.569. The fourth-order valence-corrected chi connectivity index (χ4v) is 2.59. The van der Waals surface area contributed by atoms with Gasteiger partial charge in [0.2, 0.25) is 0 Å². The second-order valence-electron chi connectivity index (χ2n) is 5.54. The van der Waals surface area contributed by atoms with Gasteiger partial charge in [-0.15, -0.1) is 0 Å². The Labute approximate surface area is 105 Å². The molecule has 0 amide bonds. The number of hydrogen-bond donors (Lipinski definition) is 1. The van der Waals surface area contributed by atoms with Crippen molar-refractivity contribution in [3.05, 3.63) is 29.3 Å². The van der Waals surface area contributed by atoms with E-state index in [2.05, 4.69) is 56.1 Å². The van der Waals surface area contributed by atoms with Crippen LogP contribution in [0.1, 0.15) is 25.0 Å². The van der Waals surface area contributed by atoms with Gasteiger partial charge in [0, 0.05) is 24.8 Å². The molecular weight excluding hydrogens is 208 g/mol. The first-order valence-corrected chi connectivity index (χ1v) is 6.62. The van der Waals surface area contributed by atoms with Crippen molar-refractivity contribution in [2.24, 2.45) is 5.92 Å². The van der Waals surface area contributed by atoms with Crippen molar-refractivity contribution < 1.29 is 0 Å².